The van der Waals surface area contributed by atoms with Gasteiger partial charge in [0.15, 0.2) is 17.8 Å². The third-order valence-electron chi connectivity index (χ3n) is 6.08. The minimum Gasteiger partial charge on any atom is -0.497 e. The van der Waals surface area contributed by atoms with Crippen LogP contribution in [0, 0.1) is 0 Å². The summed E-state index contributed by atoms with van der Waals surface area (Å²) in [7, 11) is 1.63. The van der Waals surface area contributed by atoms with Crippen LogP contribution in [0.25, 0.3) is 0 Å². The van der Waals surface area contributed by atoms with Crippen molar-refractivity contribution in [2.75, 3.05) is 17.0 Å². The number of ketones is 1. The molecule has 0 aliphatic carbocycles. The summed E-state index contributed by atoms with van der Waals surface area (Å²) in [6.45, 7) is 1.95. The molecule has 0 fully saturated rings. The number of rotatable bonds is 8. The highest BCUT2D eigenvalue weighted by Crippen LogP contribution is 2.43. The van der Waals surface area contributed by atoms with Crippen LogP contribution in [0.5, 0.6) is 11.5 Å². The van der Waals surface area contributed by atoms with Crippen molar-refractivity contribution in [1.29, 1.82) is 0 Å². The number of halogens is 1. The molecule has 4 aromatic rings. The molecule has 6 nitrogen and oxygen atoms in total. The number of anilines is 2. The molecule has 4 aromatic carbocycles. The summed E-state index contributed by atoms with van der Waals surface area (Å²) in [5.74, 6) is 1.64. The van der Waals surface area contributed by atoms with Gasteiger partial charge in [-0.2, -0.15) is 0 Å². The zero-order chi connectivity index (χ0) is 25.8. The van der Waals surface area contributed by atoms with Crippen molar-refractivity contribution in [3.05, 3.63) is 119 Å². The first-order valence-corrected chi connectivity index (χ1v) is 12.7. The average molecular weight is 556 g/mol. The Labute approximate surface area is 224 Å². The molecule has 0 saturated carbocycles. The predicted molar refractivity (Wildman–Crippen MR) is 150 cm³/mol. The standard InChI is InChI=1S/C30H26BrN3O3/c1-21(35)29-32-34(25-11-7-4-8-12-25)30(33(29)24-14-16-26(36-2)17-15-24)27-19-23(31)13-18-28(27)37-20-22-9-5-3-6-10-22/h3-19,30H,20H2,1-2H3/t30-/m1/s1. The van der Waals surface area contributed by atoms with Crippen LogP contribution in [0.4, 0.5) is 11.4 Å². The second-order valence-electron chi connectivity index (χ2n) is 8.56. The number of benzene rings is 4. The number of carbonyl (C=O) groups is 1. The molecule has 0 amide bonds. The maximum Gasteiger partial charge on any atom is 0.198 e. The van der Waals surface area contributed by atoms with Crippen molar-refractivity contribution in [3.8, 4) is 11.5 Å². The van der Waals surface area contributed by atoms with Crippen molar-refractivity contribution >= 4 is 38.9 Å². The van der Waals surface area contributed by atoms with Crippen molar-refractivity contribution in [2.24, 2.45) is 5.10 Å². The van der Waals surface area contributed by atoms with Gasteiger partial charge in [0.2, 0.25) is 0 Å². The molecule has 0 N–H and O–H groups in total. The normalized spacial score (nSPS) is 14.9. The van der Waals surface area contributed by atoms with E-state index in [4.69, 9.17) is 14.6 Å². The van der Waals surface area contributed by atoms with E-state index in [0.29, 0.717) is 18.2 Å². The van der Waals surface area contributed by atoms with E-state index in [1.807, 2.05) is 113 Å². The largest absolute Gasteiger partial charge is 0.497 e. The predicted octanol–water partition coefficient (Wildman–Crippen LogP) is 6.96. The lowest BCUT2D eigenvalue weighted by molar-refractivity contribution is -0.111. The number of ether oxygens (including phenoxy) is 2. The van der Waals surface area contributed by atoms with Crippen LogP contribution in [0.15, 0.2) is 113 Å². The molecule has 1 aliphatic rings. The minimum atomic E-state index is -0.474. The molecule has 1 heterocycles. The van der Waals surface area contributed by atoms with Gasteiger partial charge in [-0.15, -0.1) is 5.10 Å². The molecule has 7 heteroatoms. The fraction of sp³-hybridized carbons (Fsp3) is 0.133. The average Bonchev–Trinajstić information content (AvgIpc) is 3.34. The number of para-hydroxylation sites is 1. The Morgan fingerprint density at radius 2 is 1.57 bits per heavy atom. The zero-order valence-corrected chi connectivity index (χ0v) is 22.1. The number of hydrazone groups is 1. The highest BCUT2D eigenvalue weighted by molar-refractivity contribution is 9.10. The number of Topliss-reactive ketones (excluding diaryl/α,β-unsaturated/α-hetero) is 1. The summed E-state index contributed by atoms with van der Waals surface area (Å²) < 4.78 is 12.6. The van der Waals surface area contributed by atoms with Gasteiger partial charge in [0, 0.05) is 22.6 Å². The Kier molecular flexibility index (Phi) is 7.23. The van der Waals surface area contributed by atoms with E-state index in [1.165, 1.54) is 6.92 Å². The summed E-state index contributed by atoms with van der Waals surface area (Å²) in [5, 5.41) is 6.70. The maximum absolute atomic E-state index is 12.9. The summed E-state index contributed by atoms with van der Waals surface area (Å²) in [6, 6.07) is 33.4. The SMILES string of the molecule is COc1ccc(N2C(C(C)=O)=NN(c3ccccc3)[C@@H]2c2cc(Br)ccc2OCc2ccccc2)cc1. The van der Waals surface area contributed by atoms with Gasteiger partial charge in [-0.05, 0) is 60.2 Å². The van der Waals surface area contributed by atoms with E-state index < -0.39 is 6.17 Å². The number of carbonyl (C=O) groups excluding carboxylic acids is 1. The summed E-state index contributed by atoms with van der Waals surface area (Å²) >= 11 is 3.64. The van der Waals surface area contributed by atoms with E-state index in [9.17, 15) is 4.79 Å². The quantitative estimate of drug-likeness (QED) is 0.235. The van der Waals surface area contributed by atoms with Crippen LogP contribution in [0.3, 0.4) is 0 Å². The third-order valence-corrected chi connectivity index (χ3v) is 6.57. The van der Waals surface area contributed by atoms with Crippen LogP contribution in [-0.4, -0.2) is 18.7 Å². The molecule has 0 unspecified atom stereocenters. The number of hydrogen-bond donors (Lipinski definition) is 0. The van der Waals surface area contributed by atoms with E-state index in [1.54, 1.807) is 7.11 Å². The Hall–Kier alpha value is -4.10. The summed E-state index contributed by atoms with van der Waals surface area (Å²) in [6.07, 6.45) is -0.474. The van der Waals surface area contributed by atoms with Gasteiger partial charge in [0.05, 0.1) is 12.8 Å². The fourth-order valence-corrected chi connectivity index (χ4v) is 4.69. The minimum absolute atomic E-state index is 0.138. The molecule has 0 radical (unpaired) electrons. The zero-order valence-electron chi connectivity index (χ0n) is 20.5. The maximum atomic E-state index is 12.9. The molecule has 1 atom stereocenters. The second kappa shape index (κ2) is 10.9. The monoisotopic (exact) mass is 555 g/mol. The molecule has 0 saturated heterocycles. The van der Waals surface area contributed by atoms with Gasteiger partial charge in [-0.3, -0.25) is 9.69 Å². The first-order chi connectivity index (χ1) is 18.0. The Bertz CT molecular complexity index is 1410. The van der Waals surface area contributed by atoms with Crippen LogP contribution < -0.4 is 19.4 Å². The van der Waals surface area contributed by atoms with Crippen LogP contribution >= 0.6 is 15.9 Å². The Morgan fingerprint density at radius 1 is 0.892 bits per heavy atom. The molecule has 1 aliphatic heterocycles. The first-order valence-electron chi connectivity index (χ1n) is 11.9. The molecular weight excluding hydrogens is 530 g/mol. The van der Waals surface area contributed by atoms with Crippen molar-refractivity contribution in [3.63, 3.8) is 0 Å². The highest BCUT2D eigenvalue weighted by atomic mass is 79.9. The lowest BCUT2D eigenvalue weighted by atomic mass is 10.1. The first kappa shape index (κ1) is 24.6. The highest BCUT2D eigenvalue weighted by Gasteiger charge is 2.40. The van der Waals surface area contributed by atoms with E-state index in [-0.39, 0.29) is 5.78 Å². The summed E-state index contributed by atoms with van der Waals surface area (Å²) in [5.41, 5.74) is 3.60. The lowest BCUT2D eigenvalue weighted by Crippen LogP contribution is -2.38. The molecular formula is C30H26BrN3O3. The van der Waals surface area contributed by atoms with Gasteiger partial charge in [0.25, 0.3) is 0 Å². The van der Waals surface area contributed by atoms with Gasteiger partial charge < -0.3 is 9.47 Å². The van der Waals surface area contributed by atoms with Crippen molar-refractivity contribution in [1.82, 2.24) is 0 Å². The molecule has 0 aromatic heterocycles. The topological polar surface area (TPSA) is 54.4 Å². The summed E-state index contributed by atoms with van der Waals surface area (Å²) in [4.78, 5) is 14.9. The van der Waals surface area contributed by atoms with E-state index in [0.717, 1.165) is 32.7 Å². The molecule has 37 heavy (non-hydrogen) atoms. The number of methoxy groups -OCH3 is 1. The second-order valence-corrected chi connectivity index (χ2v) is 9.47. The number of amidine groups is 1. The van der Waals surface area contributed by atoms with Crippen LogP contribution in [0.2, 0.25) is 0 Å². The van der Waals surface area contributed by atoms with E-state index >= 15 is 0 Å². The van der Waals surface area contributed by atoms with Gasteiger partial charge >= 0.3 is 0 Å². The van der Waals surface area contributed by atoms with Gasteiger partial charge in [-0.25, -0.2) is 5.01 Å². The molecule has 0 bridgehead atoms. The smallest absolute Gasteiger partial charge is 0.198 e. The fourth-order valence-electron chi connectivity index (χ4n) is 4.31. The molecule has 0 spiro atoms. The Balaban J connectivity index is 1.64. The lowest BCUT2D eigenvalue weighted by Gasteiger charge is -2.33. The van der Waals surface area contributed by atoms with Crippen LogP contribution in [-0.2, 0) is 11.4 Å². The third kappa shape index (κ3) is 5.22. The Morgan fingerprint density at radius 3 is 2.22 bits per heavy atom. The van der Waals surface area contributed by atoms with Gasteiger partial charge in [-0.1, -0.05) is 64.5 Å². The number of nitrogens with zero attached hydrogens (tertiary/aromatic N) is 3. The molecule has 5 rings (SSSR count). The van der Waals surface area contributed by atoms with Gasteiger partial charge in [0.1, 0.15) is 18.1 Å². The van der Waals surface area contributed by atoms with Crippen molar-refractivity contribution < 1.29 is 14.3 Å². The van der Waals surface area contributed by atoms with Crippen molar-refractivity contribution in [2.45, 2.75) is 19.7 Å². The van der Waals surface area contributed by atoms with E-state index in [2.05, 4.69) is 15.9 Å². The van der Waals surface area contributed by atoms with Crippen LogP contribution in [0.1, 0.15) is 24.2 Å². The number of hydrogen-bond acceptors (Lipinski definition) is 6. The molecule has 186 valence electrons.